The topological polar surface area (TPSA) is 24.9 Å². The van der Waals surface area contributed by atoms with Gasteiger partial charge >= 0.3 is 0 Å². The van der Waals surface area contributed by atoms with E-state index in [4.69, 9.17) is 23.2 Å². The van der Waals surface area contributed by atoms with Crippen LogP contribution in [0.3, 0.4) is 0 Å². The highest BCUT2D eigenvalue weighted by molar-refractivity contribution is 7.13. The van der Waals surface area contributed by atoms with Crippen LogP contribution in [-0.4, -0.2) is 4.98 Å². The molecule has 0 fully saturated rings. The Kier molecular flexibility index (Phi) is 3.69. The number of anilines is 1. The van der Waals surface area contributed by atoms with Gasteiger partial charge in [-0.3, -0.25) is 0 Å². The molecule has 0 aliphatic heterocycles. The maximum Gasteiger partial charge on any atom is 0.183 e. The van der Waals surface area contributed by atoms with Crippen molar-refractivity contribution < 1.29 is 0 Å². The fourth-order valence-corrected chi connectivity index (χ4v) is 2.50. The molecular weight excluding hydrogens is 263 g/mol. The molecule has 1 atom stereocenters. The molecule has 0 radical (unpaired) electrons. The Balaban J connectivity index is 2.21. The molecule has 0 spiro atoms. The lowest BCUT2D eigenvalue weighted by Gasteiger charge is -2.15. The lowest BCUT2D eigenvalue weighted by molar-refractivity contribution is 0.882. The number of thiazole rings is 1. The van der Waals surface area contributed by atoms with Crippen molar-refractivity contribution in [2.24, 2.45) is 0 Å². The largest absolute Gasteiger partial charge is 0.355 e. The van der Waals surface area contributed by atoms with Crippen molar-refractivity contribution in [1.82, 2.24) is 4.98 Å². The molecule has 2 rings (SSSR count). The summed E-state index contributed by atoms with van der Waals surface area (Å²) in [4.78, 5) is 4.17. The molecule has 1 heterocycles. The third-order valence-electron chi connectivity index (χ3n) is 2.22. The fourth-order valence-electron chi connectivity index (χ4n) is 1.41. The van der Waals surface area contributed by atoms with Crippen LogP contribution in [0.5, 0.6) is 0 Å². The van der Waals surface area contributed by atoms with Gasteiger partial charge in [-0.05, 0) is 18.6 Å². The van der Waals surface area contributed by atoms with E-state index in [9.17, 15) is 0 Å². The Morgan fingerprint density at radius 2 is 2.19 bits per heavy atom. The van der Waals surface area contributed by atoms with Crippen molar-refractivity contribution in [3.8, 4) is 0 Å². The maximum absolute atomic E-state index is 6.14. The van der Waals surface area contributed by atoms with Gasteiger partial charge in [0, 0.05) is 11.6 Å². The third-order valence-corrected chi connectivity index (χ3v) is 3.76. The average molecular weight is 273 g/mol. The molecule has 16 heavy (non-hydrogen) atoms. The van der Waals surface area contributed by atoms with Gasteiger partial charge in [-0.1, -0.05) is 35.3 Å². The molecule has 1 N–H and O–H groups in total. The van der Waals surface area contributed by atoms with Gasteiger partial charge in [0.1, 0.15) is 0 Å². The van der Waals surface area contributed by atoms with E-state index in [1.807, 2.05) is 24.4 Å². The second-order valence-corrected chi connectivity index (χ2v) is 5.03. The van der Waals surface area contributed by atoms with E-state index in [2.05, 4.69) is 10.3 Å². The summed E-state index contributed by atoms with van der Waals surface area (Å²) >= 11 is 13.7. The second kappa shape index (κ2) is 5.04. The lowest BCUT2D eigenvalue weighted by Crippen LogP contribution is -2.06. The molecule has 2 aromatic rings. The predicted octanol–water partition coefficient (Wildman–Crippen LogP) is 4.62. The van der Waals surface area contributed by atoms with Gasteiger partial charge in [0.15, 0.2) is 5.13 Å². The number of benzene rings is 1. The standard InChI is InChI=1S/C11H10Cl2N2S/c1-7(15-11-14-5-6-16-11)8-3-2-4-9(12)10(8)13/h2-7H,1H3,(H,14,15). The van der Waals surface area contributed by atoms with Crippen molar-refractivity contribution in [1.29, 1.82) is 0 Å². The first-order valence-electron chi connectivity index (χ1n) is 4.78. The normalized spacial score (nSPS) is 12.4. The zero-order valence-corrected chi connectivity index (χ0v) is 10.9. The summed E-state index contributed by atoms with van der Waals surface area (Å²) in [6.07, 6.45) is 1.76. The van der Waals surface area contributed by atoms with E-state index in [0.717, 1.165) is 10.7 Å². The monoisotopic (exact) mass is 272 g/mol. The molecule has 2 nitrogen and oxygen atoms in total. The van der Waals surface area contributed by atoms with Gasteiger partial charge < -0.3 is 5.32 Å². The van der Waals surface area contributed by atoms with Crippen LogP contribution in [-0.2, 0) is 0 Å². The van der Waals surface area contributed by atoms with E-state index in [0.29, 0.717) is 10.0 Å². The summed E-state index contributed by atoms with van der Waals surface area (Å²) in [6.45, 7) is 2.03. The van der Waals surface area contributed by atoms with Crippen molar-refractivity contribution in [2.45, 2.75) is 13.0 Å². The third kappa shape index (κ3) is 2.48. The van der Waals surface area contributed by atoms with Gasteiger partial charge in [-0.15, -0.1) is 11.3 Å². The molecule has 1 unspecified atom stereocenters. The number of hydrogen-bond acceptors (Lipinski definition) is 3. The van der Waals surface area contributed by atoms with E-state index < -0.39 is 0 Å². The Morgan fingerprint density at radius 3 is 2.88 bits per heavy atom. The second-order valence-electron chi connectivity index (χ2n) is 3.35. The maximum atomic E-state index is 6.14. The molecule has 0 bridgehead atoms. The van der Waals surface area contributed by atoms with E-state index >= 15 is 0 Å². The zero-order chi connectivity index (χ0) is 11.5. The fraction of sp³-hybridized carbons (Fsp3) is 0.182. The number of hydrogen-bond donors (Lipinski definition) is 1. The molecule has 0 aliphatic carbocycles. The molecule has 0 amide bonds. The number of nitrogens with zero attached hydrogens (tertiary/aromatic N) is 1. The van der Waals surface area contributed by atoms with Crippen molar-refractivity contribution in [3.05, 3.63) is 45.4 Å². The Morgan fingerprint density at radius 1 is 1.38 bits per heavy atom. The van der Waals surface area contributed by atoms with Crippen molar-refractivity contribution in [3.63, 3.8) is 0 Å². The van der Waals surface area contributed by atoms with Crippen LogP contribution in [0.2, 0.25) is 10.0 Å². The summed E-state index contributed by atoms with van der Waals surface area (Å²) < 4.78 is 0. The molecule has 1 aromatic carbocycles. The molecule has 1 aromatic heterocycles. The molecular formula is C11H10Cl2N2S. The van der Waals surface area contributed by atoms with Crippen LogP contribution in [0.1, 0.15) is 18.5 Å². The minimum Gasteiger partial charge on any atom is -0.355 e. The average Bonchev–Trinajstić information content (AvgIpc) is 2.74. The lowest BCUT2D eigenvalue weighted by atomic mass is 10.1. The number of nitrogens with one attached hydrogen (secondary N) is 1. The van der Waals surface area contributed by atoms with Crippen molar-refractivity contribution >= 4 is 39.7 Å². The van der Waals surface area contributed by atoms with Crippen LogP contribution in [0.4, 0.5) is 5.13 Å². The predicted molar refractivity (Wildman–Crippen MR) is 70.6 cm³/mol. The summed E-state index contributed by atoms with van der Waals surface area (Å²) in [7, 11) is 0. The number of rotatable bonds is 3. The highest BCUT2D eigenvalue weighted by Gasteiger charge is 2.12. The smallest absolute Gasteiger partial charge is 0.183 e. The van der Waals surface area contributed by atoms with E-state index in [1.165, 1.54) is 0 Å². The van der Waals surface area contributed by atoms with Crippen LogP contribution in [0.15, 0.2) is 29.8 Å². The Bertz CT molecular complexity index is 471. The summed E-state index contributed by atoms with van der Waals surface area (Å²) in [5.41, 5.74) is 0.976. The minimum absolute atomic E-state index is 0.0809. The molecule has 0 aliphatic rings. The molecule has 0 saturated carbocycles. The van der Waals surface area contributed by atoms with E-state index in [1.54, 1.807) is 23.6 Å². The summed E-state index contributed by atoms with van der Waals surface area (Å²) in [6, 6.07) is 5.71. The number of halogens is 2. The minimum atomic E-state index is 0.0809. The summed E-state index contributed by atoms with van der Waals surface area (Å²) in [5, 5.41) is 7.25. The summed E-state index contributed by atoms with van der Waals surface area (Å²) in [5.74, 6) is 0. The highest BCUT2D eigenvalue weighted by Crippen LogP contribution is 2.31. The van der Waals surface area contributed by atoms with Crippen LogP contribution < -0.4 is 5.32 Å². The van der Waals surface area contributed by atoms with Crippen molar-refractivity contribution in [2.75, 3.05) is 5.32 Å². The zero-order valence-electron chi connectivity index (χ0n) is 8.58. The quantitative estimate of drug-likeness (QED) is 0.882. The van der Waals surface area contributed by atoms with Crippen LogP contribution in [0, 0.1) is 0 Å². The first kappa shape index (κ1) is 11.7. The van der Waals surface area contributed by atoms with Gasteiger partial charge in [-0.25, -0.2) is 4.98 Å². The Labute approximate surface area is 108 Å². The molecule has 84 valence electrons. The Hall–Kier alpha value is -0.770. The van der Waals surface area contributed by atoms with Gasteiger partial charge in [0.2, 0.25) is 0 Å². The van der Waals surface area contributed by atoms with Crippen LogP contribution in [0.25, 0.3) is 0 Å². The first-order valence-corrected chi connectivity index (χ1v) is 6.42. The van der Waals surface area contributed by atoms with Gasteiger partial charge in [0.25, 0.3) is 0 Å². The van der Waals surface area contributed by atoms with Gasteiger partial charge in [0.05, 0.1) is 16.1 Å². The molecule has 5 heteroatoms. The first-order chi connectivity index (χ1) is 7.68. The SMILES string of the molecule is CC(Nc1nccs1)c1cccc(Cl)c1Cl. The highest BCUT2D eigenvalue weighted by atomic mass is 35.5. The van der Waals surface area contributed by atoms with E-state index in [-0.39, 0.29) is 6.04 Å². The number of aromatic nitrogens is 1. The molecule has 0 saturated heterocycles. The van der Waals surface area contributed by atoms with Crippen LogP contribution >= 0.6 is 34.5 Å². The van der Waals surface area contributed by atoms with Gasteiger partial charge in [-0.2, -0.15) is 0 Å².